The van der Waals surface area contributed by atoms with Crippen LogP contribution in [0.1, 0.15) is 30.5 Å². The molecule has 7 nitrogen and oxygen atoms in total. The number of nitrogens with zero attached hydrogens (tertiary/aromatic N) is 2. The fourth-order valence-electron chi connectivity index (χ4n) is 4.14. The van der Waals surface area contributed by atoms with Crippen LogP contribution < -0.4 is 9.62 Å². The molecule has 0 aromatic heterocycles. The van der Waals surface area contributed by atoms with Gasteiger partial charge in [-0.1, -0.05) is 76.1 Å². The van der Waals surface area contributed by atoms with E-state index in [0.717, 1.165) is 26.2 Å². The number of hydrogen-bond acceptors (Lipinski definition) is 4. The molecule has 0 aliphatic heterocycles. The molecule has 0 spiro atoms. The van der Waals surface area contributed by atoms with Gasteiger partial charge in [-0.2, -0.15) is 0 Å². The third kappa shape index (κ3) is 8.55. The van der Waals surface area contributed by atoms with Gasteiger partial charge in [-0.15, -0.1) is 0 Å². The van der Waals surface area contributed by atoms with Gasteiger partial charge in [0.05, 0.1) is 11.9 Å². The summed E-state index contributed by atoms with van der Waals surface area (Å²) in [6.07, 6.45) is 1.30. The van der Waals surface area contributed by atoms with E-state index in [1.165, 1.54) is 4.90 Å². The largest absolute Gasteiger partial charge is 0.352 e. The Morgan fingerprint density at radius 1 is 1.00 bits per heavy atom. The first-order valence-electron chi connectivity index (χ1n) is 12.5. The van der Waals surface area contributed by atoms with Crippen LogP contribution in [0.2, 0.25) is 5.02 Å². The first kappa shape index (κ1) is 30.7. The van der Waals surface area contributed by atoms with Crippen LogP contribution in [-0.4, -0.2) is 50.0 Å². The van der Waals surface area contributed by atoms with Gasteiger partial charge in [0.2, 0.25) is 21.8 Å². The summed E-state index contributed by atoms with van der Waals surface area (Å²) in [5.41, 5.74) is 2.69. The van der Waals surface area contributed by atoms with E-state index >= 15 is 0 Å². The van der Waals surface area contributed by atoms with E-state index in [0.29, 0.717) is 16.3 Å². The van der Waals surface area contributed by atoms with E-state index < -0.39 is 28.5 Å². The number of anilines is 1. The molecular formula is C29H33BrClN3O4S. The SMILES string of the molecule is Cc1cc(N(CC(=O)N(Cc2ccccc2Cl)C(Cc2ccccc2)C(=O)NC(C)C)S(C)(=O)=O)ccc1Br. The molecule has 208 valence electrons. The number of hydrogen-bond donors (Lipinski definition) is 1. The molecule has 1 unspecified atom stereocenters. The Labute approximate surface area is 244 Å². The third-order valence-corrected chi connectivity index (χ3v) is 8.51. The zero-order valence-electron chi connectivity index (χ0n) is 22.4. The van der Waals surface area contributed by atoms with Crippen LogP contribution >= 0.6 is 27.5 Å². The van der Waals surface area contributed by atoms with Crippen LogP contribution in [0.15, 0.2) is 77.3 Å². The number of sulfonamides is 1. The molecule has 3 rings (SSSR count). The van der Waals surface area contributed by atoms with Gasteiger partial charge in [-0.05, 0) is 61.7 Å². The summed E-state index contributed by atoms with van der Waals surface area (Å²) in [5.74, 6) is -0.861. The topological polar surface area (TPSA) is 86.8 Å². The predicted molar refractivity (Wildman–Crippen MR) is 160 cm³/mol. The summed E-state index contributed by atoms with van der Waals surface area (Å²) >= 11 is 9.89. The average molecular weight is 635 g/mol. The van der Waals surface area contributed by atoms with Gasteiger partial charge in [-0.3, -0.25) is 13.9 Å². The molecule has 0 aliphatic carbocycles. The average Bonchev–Trinajstić information content (AvgIpc) is 2.87. The summed E-state index contributed by atoms with van der Waals surface area (Å²) in [7, 11) is -3.84. The molecular weight excluding hydrogens is 602 g/mol. The molecule has 1 atom stereocenters. The van der Waals surface area contributed by atoms with Gasteiger partial charge in [0.15, 0.2) is 0 Å². The highest BCUT2D eigenvalue weighted by Gasteiger charge is 2.33. The van der Waals surface area contributed by atoms with Gasteiger partial charge < -0.3 is 10.2 Å². The molecule has 0 aliphatic rings. The monoisotopic (exact) mass is 633 g/mol. The Morgan fingerprint density at radius 2 is 1.64 bits per heavy atom. The van der Waals surface area contributed by atoms with Gasteiger partial charge >= 0.3 is 0 Å². The van der Waals surface area contributed by atoms with E-state index in [1.54, 1.807) is 42.5 Å². The van der Waals surface area contributed by atoms with Crippen molar-refractivity contribution in [3.8, 4) is 0 Å². The van der Waals surface area contributed by atoms with E-state index in [2.05, 4.69) is 21.2 Å². The fraction of sp³-hybridized carbons (Fsp3) is 0.310. The minimum atomic E-state index is -3.84. The highest BCUT2D eigenvalue weighted by Crippen LogP contribution is 2.26. The molecule has 0 fully saturated rings. The number of benzene rings is 3. The molecule has 0 saturated heterocycles. The Balaban J connectivity index is 2.08. The Morgan fingerprint density at radius 3 is 2.23 bits per heavy atom. The summed E-state index contributed by atoms with van der Waals surface area (Å²) in [6, 6.07) is 20.5. The second-order valence-electron chi connectivity index (χ2n) is 9.68. The Hall–Kier alpha value is -2.88. The lowest BCUT2D eigenvalue weighted by atomic mass is 10.0. The second kappa shape index (κ2) is 13.5. The van der Waals surface area contributed by atoms with E-state index in [-0.39, 0.29) is 24.9 Å². The highest BCUT2D eigenvalue weighted by molar-refractivity contribution is 9.10. The maximum Gasteiger partial charge on any atom is 0.244 e. The van der Waals surface area contributed by atoms with Crippen molar-refractivity contribution in [1.82, 2.24) is 10.2 Å². The van der Waals surface area contributed by atoms with Crippen LogP contribution in [0.5, 0.6) is 0 Å². The number of rotatable bonds is 11. The number of carbonyl (C=O) groups is 2. The van der Waals surface area contributed by atoms with E-state index in [1.807, 2.05) is 51.1 Å². The molecule has 0 saturated carbocycles. The van der Waals surface area contributed by atoms with Crippen LogP contribution in [-0.2, 0) is 32.6 Å². The lowest BCUT2D eigenvalue weighted by Crippen LogP contribution is -2.54. The van der Waals surface area contributed by atoms with Crippen molar-refractivity contribution < 1.29 is 18.0 Å². The Kier molecular flexibility index (Phi) is 10.6. The molecule has 39 heavy (non-hydrogen) atoms. The molecule has 0 heterocycles. The normalized spacial score (nSPS) is 12.2. The molecule has 3 aromatic carbocycles. The smallest absolute Gasteiger partial charge is 0.244 e. The van der Waals surface area contributed by atoms with Crippen molar-refractivity contribution in [1.29, 1.82) is 0 Å². The lowest BCUT2D eigenvalue weighted by Gasteiger charge is -2.34. The molecule has 0 bridgehead atoms. The van der Waals surface area contributed by atoms with Crippen molar-refractivity contribution >= 4 is 55.1 Å². The first-order valence-corrected chi connectivity index (χ1v) is 15.5. The van der Waals surface area contributed by atoms with Crippen LogP contribution in [0, 0.1) is 6.92 Å². The standard InChI is InChI=1S/C29H33BrClN3O4S/c1-20(2)32-29(36)27(17-22-10-6-5-7-11-22)33(18-23-12-8-9-13-26(23)31)28(35)19-34(39(4,37)38)24-14-15-25(30)21(3)16-24/h5-16,20,27H,17-19H2,1-4H3,(H,32,36). The van der Waals surface area contributed by atoms with Crippen molar-refractivity contribution in [2.24, 2.45) is 0 Å². The quantitative estimate of drug-likeness (QED) is 0.309. The minimum absolute atomic E-state index is 0.0263. The number of nitrogens with one attached hydrogen (secondary N) is 1. The highest BCUT2D eigenvalue weighted by atomic mass is 79.9. The van der Waals surface area contributed by atoms with E-state index in [4.69, 9.17) is 11.6 Å². The van der Waals surface area contributed by atoms with Crippen molar-refractivity contribution in [3.63, 3.8) is 0 Å². The number of amides is 2. The van der Waals surface area contributed by atoms with Gasteiger partial charge in [0.1, 0.15) is 12.6 Å². The maximum atomic E-state index is 14.1. The third-order valence-electron chi connectivity index (χ3n) is 6.11. The summed E-state index contributed by atoms with van der Waals surface area (Å²) < 4.78 is 27.6. The molecule has 1 N–H and O–H groups in total. The fourth-order valence-corrected chi connectivity index (χ4v) is 5.43. The lowest BCUT2D eigenvalue weighted by molar-refractivity contribution is -0.140. The van der Waals surface area contributed by atoms with Crippen LogP contribution in [0.4, 0.5) is 5.69 Å². The summed E-state index contributed by atoms with van der Waals surface area (Å²) in [6.45, 7) is 5.08. The van der Waals surface area contributed by atoms with Crippen molar-refractivity contribution in [2.75, 3.05) is 17.1 Å². The maximum absolute atomic E-state index is 14.1. The number of carbonyl (C=O) groups excluding carboxylic acids is 2. The van der Waals surface area contributed by atoms with Crippen molar-refractivity contribution in [2.45, 2.75) is 45.8 Å². The molecule has 3 aromatic rings. The molecule has 2 amide bonds. The summed E-state index contributed by atoms with van der Waals surface area (Å²) in [4.78, 5) is 29.0. The van der Waals surface area contributed by atoms with Gasteiger partial charge in [-0.25, -0.2) is 8.42 Å². The number of aryl methyl sites for hydroxylation is 1. The zero-order valence-corrected chi connectivity index (χ0v) is 25.6. The van der Waals surface area contributed by atoms with Crippen molar-refractivity contribution in [3.05, 3.63) is 99.0 Å². The van der Waals surface area contributed by atoms with Crippen LogP contribution in [0.3, 0.4) is 0 Å². The summed E-state index contributed by atoms with van der Waals surface area (Å²) in [5, 5.41) is 3.37. The predicted octanol–water partition coefficient (Wildman–Crippen LogP) is 5.34. The van der Waals surface area contributed by atoms with Gasteiger partial charge in [0, 0.05) is 28.5 Å². The Bertz CT molecular complexity index is 1420. The van der Waals surface area contributed by atoms with E-state index in [9.17, 15) is 18.0 Å². The van der Waals surface area contributed by atoms with Gasteiger partial charge in [0.25, 0.3) is 0 Å². The molecule has 0 radical (unpaired) electrons. The number of halogens is 2. The van der Waals surface area contributed by atoms with Crippen LogP contribution in [0.25, 0.3) is 0 Å². The minimum Gasteiger partial charge on any atom is -0.352 e. The zero-order chi connectivity index (χ0) is 28.7. The second-order valence-corrected chi connectivity index (χ2v) is 12.9. The first-order chi connectivity index (χ1) is 18.4. The molecule has 10 heteroatoms.